The highest BCUT2D eigenvalue weighted by Gasteiger charge is 2.02. The van der Waals surface area contributed by atoms with Crippen LogP contribution in [0.1, 0.15) is 18.2 Å². The molecule has 0 aliphatic heterocycles. The molecule has 1 rings (SSSR count). The summed E-state index contributed by atoms with van der Waals surface area (Å²) < 4.78 is 1.22. The quantitative estimate of drug-likeness (QED) is 0.713. The zero-order valence-corrected chi connectivity index (χ0v) is 9.47. The molecule has 0 aliphatic rings. The average Bonchev–Trinajstić information content (AvgIpc) is 2.31. The molecule has 0 saturated carbocycles. The fraction of sp³-hybridized carbons (Fsp3) is 0.500. The summed E-state index contributed by atoms with van der Waals surface area (Å²) in [6.07, 6.45) is 2.14. The number of alkyl halides is 1. The monoisotopic (exact) mass is 252 g/mol. The number of hydrogen-bond acceptors (Lipinski definition) is 1. The van der Waals surface area contributed by atoms with Crippen molar-refractivity contribution in [3.63, 3.8) is 0 Å². The van der Waals surface area contributed by atoms with Crippen LogP contribution in [0.2, 0.25) is 0 Å². The van der Waals surface area contributed by atoms with E-state index in [1.807, 2.05) is 6.92 Å². The van der Waals surface area contributed by atoms with Gasteiger partial charge in [-0.2, -0.15) is 0 Å². The first-order valence-electron chi connectivity index (χ1n) is 3.56. The number of aryl methyl sites for hydroxylation is 1. The Labute approximate surface area is 84.7 Å². The van der Waals surface area contributed by atoms with E-state index in [0.29, 0.717) is 0 Å². The van der Waals surface area contributed by atoms with Crippen LogP contribution in [0.5, 0.6) is 0 Å². The molecule has 0 aliphatic carbocycles. The fourth-order valence-electron chi connectivity index (χ4n) is 0.833. The molecule has 0 nitrogen and oxygen atoms in total. The molecule has 0 amide bonds. The lowest BCUT2D eigenvalue weighted by atomic mass is 10.2. The fourth-order valence-corrected chi connectivity index (χ4v) is 2.51. The smallest absolute Gasteiger partial charge is 0.0314 e. The maximum absolute atomic E-state index is 5.84. The van der Waals surface area contributed by atoms with E-state index < -0.39 is 0 Å². The van der Waals surface area contributed by atoms with Gasteiger partial charge in [0.2, 0.25) is 0 Å². The third-order valence-corrected chi connectivity index (χ3v) is 3.66. The predicted molar refractivity (Wildman–Crippen MR) is 55.7 cm³/mol. The molecule has 0 bridgehead atoms. The second-order valence-electron chi connectivity index (χ2n) is 2.51. The largest absolute Gasteiger partial charge is 0.148 e. The van der Waals surface area contributed by atoms with Crippen LogP contribution < -0.4 is 0 Å². The molecule has 0 radical (unpaired) electrons. The van der Waals surface area contributed by atoms with Crippen molar-refractivity contribution in [2.75, 3.05) is 0 Å². The van der Waals surface area contributed by atoms with Crippen LogP contribution in [-0.4, -0.2) is 5.38 Å². The van der Waals surface area contributed by atoms with E-state index in [2.05, 4.69) is 27.4 Å². The molecule has 1 heterocycles. The first-order chi connectivity index (χ1) is 5.20. The summed E-state index contributed by atoms with van der Waals surface area (Å²) in [4.78, 5) is 1.40. The van der Waals surface area contributed by atoms with Crippen molar-refractivity contribution >= 4 is 38.9 Å². The van der Waals surface area contributed by atoms with Crippen molar-refractivity contribution in [2.45, 2.75) is 25.1 Å². The van der Waals surface area contributed by atoms with Gasteiger partial charge in [-0.15, -0.1) is 22.9 Å². The van der Waals surface area contributed by atoms with Crippen LogP contribution in [0.15, 0.2) is 15.9 Å². The van der Waals surface area contributed by atoms with Gasteiger partial charge in [-0.1, -0.05) is 0 Å². The van der Waals surface area contributed by atoms with Gasteiger partial charge in [0.25, 0.3) is 0 Å². The van der Waals surface area contributed by atoms with Gasteiger partial charge in [-0.05, 0) is 47.1 Å². The zero-order valence-electron chi connectivity index (χ0n) is 6.31. The van der Waals surface area contributed by atoms with Gasteiger partial charge in [0, 0.05) is 14.7 Å². The number of thiophene rings is 1. The normalized spacial score (nSPS) is 13.4. The van der Waals surface area contributed by atoms with Crippen LogP contribution in [0.3, 0.4) is 0 Å². The van der Waals surface area contributed by atoms with Crippen molar-refractivity contribution in [1.82, 2.24) is 0 Å². The molecule has 1 aromatic rings. The van der Waals surface area contributed by atoms with Gasteiger partial charge < -0.3 is 0 Å². The average molecular weight is 254 g/mol. The van der Waals surface area contributed by atoms with Gasteiger partial charge in [-0.3, -0.25) is 0 Å². The molecular weight excluding hydrogens is 244 g/mol. The molecule has 1 unspecified atom stereocenters. The summed E-state index contributed by atoms with van der Waals surface area (Å²) in [6.45, 7) is 2.03. The van der Waals surface area contributed by atoms with E-state index in [4.69, 9.17) is 11.6 Å². The standard InChI is InChI=1S/C8H10BrClS/c1-6(10)2-3-8-7(9)4-5-11-8/h4-6H,2-3H2,1H3. The van der Waals surface area contributed by atoms with Crippen LogP contribution in [0.25, 0.3) is 0 Å². The second kappa shape index (κ2) is 4.48. The SMILES string of the molecule is CC(Cl)CCc1sccc1Br. The highest BCUT2D eigenvalue weighted by molar-refractivity contribution is 9.10. The first-order valence-corrected chi connectivity index (χ1v) is 5.67. The van der Waals surface area contributed by atoms with Crippen molar-refractivity contribution in [2.24, 2.45) is 0 Å². The van der Waals surface area contributed by atoms with Gasteiger partial charge >= 0.3 is 0 Å². The minimum Gasteiger partial charge on any atom is -0.148 e. The minimum atomic E-state index is 0.281. The first kappa shape index (κ1) is 9.56. The number of rotatable bonds is 3. The van der Waals surface area contributed by atoms with Crippen molar-refractivity contribution < 1.29 is 0 Å². The molecule has 0 aromatic carbocycles. The molecule has 11 heavy (non-hydrogen) atoms. The summed E-state index contributed by atoms with van der Waals surface area (Å²) in [5, 5.41) is 2.38. The van der Waals surface area contributed by atoms with Gasteiger partial charge in [0.15, 0.2) is 0 Å². The molecule has 62 valence electrons. The van der Waals surface area contributed by atoms with Crippen molar-refractivity contribution in [3.05, 3.63) is 20.8 Å². The molecular formula is C8H10BrClS. The minimum absolute atomic E-state index is 0.281. The maximum atomic E-state index is 5.84. The van der Waals surface area contributed by atoms with E-state index in [1.54, 1.807) is 11.3 Å². The third kappa shape index (κ3) is 3.14. The van der Waals surface area contributed by atoms with Gasteiger partial charge in [-0.25, -0.2) is 0 Å². The predicted octanol–water partition coefficient (Wildman–Crippen LogP) is 4.07. The summed E-state index contributed by atoms with van der Waals surface area (Å²) in [5.41, 5.74) is 0. The Hall–Kier alpha value is 0.470. The van der Waals surface area contributed by atoms with Crippen LogP contribution in [-0.2, 0) is 6.42 Å². The molecule has 0 spiro atoms. The number of halogens is 2. The zero-order chi connectivity index (χ0) is 8.27. The lowest BCUT2D eigenvalue weighted by Crippen LogP contribution is -1.92. The van der Waals surface area contributed by atoms with Crippen LogP contribution >= 0.6 is 38.9 Å². The molecule has 1 atom stereocenters. The molecule has 3 heteroatoms. The van der Waals surface area contributed by atoms with Crippen molar-refractivity contribution in [3.8, 4) is 0 Å². The van der Waals surface area contributed by atoms with Crippen LogP contribution in [0, 0.1) is 0 Å². The van der Waals surface area contributed by atoms with E-state index >= 15 is 0 Å². The highest BCUT2D eigenvalue weighted by atomic mass is 79.9. The summed E-state index contributed by atoms with van der Waals surface area (Å²) in [6, 6.07) is 2.08. The highest BCUT2D eigenvalue weighted by Crippen LogP contribution is 2.24. The van der Waals surface area contributed by atoms with Gasteiger partial charge in [0.1, 0.15) is 0 Å². The summed E-state index contributed by atoms with van der Waals surface area (Å²) >= 11 is 11.1. The topological polar surface area (TPSA) is 0 Å². The molecule has 0 N–H and O–H groups in total. The molecule has 0 fully saturated rings. The Morgan fingerprint density at radius 1 is 1.73 bits per heavy atom. The number of hydrogen-bond donors (Lipinski definition) is 0. The molecule has 1 aromatic heterocycles. The molecule has 0 saturated heterocycles. The van der Waals surface area contributed by atoms with Crippen molar-refractivity contribution in [1.29, 1.82) is 0 Å². The maximum Gasteiger partial charge on any atom is 0.0314 e. The Bertz CT molecular complexity index is 220. The summed E-state index contributed by atoms with van der Waals surface area (Å²) in [7, 11) is 0. The summed E-state index contributed by atoms with van der Waals surface area (Å²) in [5.74, 6) is 0. The van der Waals surface area contributed by atoms with Crippen LogP contribution in [0.4, 0.5) is 0 Å². The lowest BCUT2D eigenvalue weighted by Gasteiger charge is -2.00. The Morgan fingerprint density at radius 2 is 2.45 bits per heavy atom. The van der Waals surface area contributed by atoms with E-state index in [-0.39, 0.29) is 5.38 Å². The Morgan fingerprint density at radius 3 is 2.91 bits per heavy atom. The third-order valence-electron chi connectivity index (χ3n) is 1.46. The lowest BCUT2D eigenvalue weighted by molar-refractivity contribution is 0.811. The van der Waals surface area contributed by atoms with E-state index in [9.17, 15) is 0 Å². The van der Waals surface area contributed by atoms with Gasteiger partial charge in [0.05, 0.1) is 0 Å². The van der Waals surface area contributed by atoms with E-state index in [1.165, 1.54) is 9.35 Å². The Balaban J connectivity index is 2.44. The second-order valence-corrected chi connectivity index (χ2v) is 5.11. The Kier molecular flexibility index (Phi) is 3.90. The van der Waals surface area contributed by atoms with E-state index in [0.717, 1.165) is 12.8 Å².